The van der Waals surface area contributed by atoms with Gasteiger partial charge in [-0.15, -0.1) is 0 Å². The third-order valence-corrected chi connectivity index (χ3v) is 13.8. The van der Waals surface area contributed by atoms with Gasteiger partial charge in [0.2, 0.25) is 5.95 Å². The van der Waals surface area contributed by atoms with Gasteiger partial charge in [-0.25, -0.2) is 14.8 Å². The molecule has 0 spiro atoms. The number of amides is 4. The highest BCUT2D eigenvalue weighted by Gasteiger charge is 2.42. The molecule has 2 aliphatic heterocycles. The van der Waals surface area contributed by atoms with E-state index >= 15 is 19.2 Å². The maximum Gasteiger partial charge on any atom is 0.266 e. The first-order valence-electron chi connectivity index (χ1n) is 23.1. The number of aromatic nitrogens is 3. The van der Waals surface area contributed by atoms with Gasteiger partial charge < -0.3 is 10.3 Å². The van der Waals surface area contributed by atoms with Crippen LogP contribution in [0.15, 0.2) is 72.8 Å². The molecule has 10 rings (SSSR count). The Morgan fingerprint density at radius 1 is 0.507 bits per heavy atom. The fraction of sp³-hybridized carbons (Fsp3) is 0.286. The number of para-hydroxylation sites is 2. The zero-order chi connectivity index (χ0) is 47.8. The highest BCUT2D eigenvalue weighted by atomic mass is 16.2. The monoisotopic (exact) mass is 887 g/mol. The molecule has 0 unspecified atom stereocenters. The summed E-state index contributed by atoms with van der Waals surface area (Å²) in [5, 5.41) is 14.2. The van der Waals surface area contributed by atoms with E-state index in [2.05, 4.69) is 60.4 Å². The largest absolute Gasteiger partial charge is 0.347 e. The lowest BCUT2D eigenvalue weighted by Crippen LogP contribution is -2.42. The molecule has 2 aliphatic rings. The maximum absolute atomic E-state index is 15.5. The van der Waals surface area contributed by atoms with Gasteiger partial charge in [0.05, 0.1) is 11.4 Å². The van der Waals surface area contributed by atoms with E-state index in [0.29, 0.717) is 105 Å². The molecule has 336 valence electrons. The maximum atomic E-state index is 15.5. The Kier molecular flexibility index (Phi) is 9.95. The van der Waals surface area contributed by atoms with Crippen LogP contribution in [-0.2, 0) is 0 Å². The summed E-state index contributed by atoms with van der Waals surface area (Å²) in [6.45, 7) is 20.0. The molecule has 4 amide bonds. The lowest BCUT2D eigenvalue weighted by molar-refractivity contribution is 0.0877. The first-order chi connectivity index (χ1) is 31.8. The average molecular weight is 888 g/mol. The molecule has 0 aliphatic carbocycles. The number of benzene rings is 7. The normalized spacial score (nSPS) is 14.0. The van der Waals surface area contributed by atoms with E-state index in [9.17, 15) is 5.41 Å². The van der Waals surface area contributed by atoms with Crippen molar-refractivity contribution < 1.29 is 19.2 Å². The SMILES string of the molecule is CC(=N)c1cc2c3c(ccc4c5c(-c6nc(C)nc(N(C)C)n6)cc6c7c(ccc(c1c34)c75)C(=O)N(c1c(C(C)C)cccc1C(C)C)C6=O)C(=O)N(c1c(C(C)C)cccc1C(C)C)C2=O. The van der Waals surface area contributed by atoms with Crippen LogP contribution in [-0.4, -0.2) is 58.4 Å². The fourth-order valence-corrected chi connectivity index (χ4v) is 10.7. The number of hydrogen-bond acceptors (Lipinski definition) is 9. The van der Waals surface area contributed by atoms with E-state index in [1.165, 1.54) is 9.80 Å². The summed E-state index contributed by atoms with van der Waals surface area (Å²) in [6.07, 6.45) is 0. The van der Waals surface area contributed by atoms with Crippen LogP contribution in [0.25, 0.3) is 54.5 Å². The molecular weight excluding hydrogens is 835 g/mol. The van der Waals surface area contributed by atoms with E-state index in [1.54, 1.807) is 36.9 Å². The second-order valence-corrected chi connectivity index (χ2v) is 19.6. The number of rotatable bonds is 9. The zero-order valence-electron chi connectivity index (χ0n) is 40.1. The Labute approximate surface area is 389 Å². The molecule has 8 aromatic rings. The Bertz CT molecular complexity index is 3490. The third kappa shape index (κ3) is 6.16. The smallest absolute Gasteiger partial charge is 0.266 e. The van der Waals surface area contributed by atoms with Crippen molar-refractivity contribution in [1.29, 1.82) is 5.41 Å². The van der Waals surface area contributed by atoms with Gasteiger partial charge in [0.15, 0.2) is 5.82 Å². The predicted octanol–water partition coefficient (Wildman–Crippen LogP) is 12.4. The van der Waals surface area contributed by atoms with Gasteiger partial charge in [-0.1, -0.05) is 104 Å². The van der Waals surface area contributed by atoms with Gasteiger partial charge in [0, 0.05) is 69.3 Å². The van der Waals surface area contributed by atoms with Crippen LogP contribution >= 0.6 is 0 Å². The summed E-state index contributed by atoms with van der Waals surface area (Å²) >= 11 is 0. The Morgan fingerprint density at radius 3 is 1.36 bits per heavy atom. The Hall–Kier alpha value is -7.40. The molecule has 0 saturated carbocycles. The van der Waals surface area contributed by atoms with Crippen molar-refractivity contribution in [3.05, 3.63) is 129 Å². The third-order valence-electron chi connectivity index (χ3n) is 13.8. The summed E-state index contributed by atoms with van der Waals surface area (Å²) in [4.78, 5) is 80.4. The molecule has 7 aromatic carbocycles. The second-order valence-electron chi connectivity index (χ2n) is 19.6. The van der Waals surface area contributed by atoms with Crippen molar-refractivity contribution >= 4 is 89.8 Å². The second kappa shape index (κ2) is 15.3. The lowest BCUT2D eigenvalue weighted by Gasteiger charge is -2.34. The minimum absolute atomic E-state index is 0.00807. The van der Waals surface area contributed by atoms with E-state index in [-0.39, 0.29) is 29.4 Å². The topological polar surface area (TPSA) is 141 Å². The number of fused-ring (bicyclic) bond motifs is 2. The van der Waals surface area contributed by atoms with E-state index in [4.69, 9.17) is 9.97 Å². The molecule has 1 N–H and O–H groups in total. The lowest BCUT2D eigenvalue weighted by atomic mass is 9.78. The first kappa shape index (κ1) is 43.5. The molecule has 0 bridgehead atoms. The molecule has 0 radical (unpaired) electrons. The summed E-state index contributed by atoms with van der Waals surface area (Å²) in [7, 11) is 3.70. The van der Waals surface area contributed by atoms with Gasteiger partial charge >= 0.3 is 0 Å². The Morgan fingerprint density at radius 2 is 0.925 bits per heavy atom. The van der Waals surface area contributed by atoms with Gasteiger partial charge in [-0.05, 0) is 111 Å². The Balaban J connectivity index is 1.37. The van der Waals surface area contributed by atoms with E-state index < -0.39 is 23.6 Å². The quantitative estimate of drug-likeness (QED) is 0.0654. The van der Waals surface area contributed by atoms with E-state index in [0.717, 1.165) is 22.3 Å². The van der Waals surface area contributed by atoms with Crippen molar-refractivity contribution in [2.45, 2.75) is 92.9 Å². The van der Waals surface area contributed by atoms with Gasteiger partial charge in [-0.2, -0.15) is 9.97 Å². The minimum atomic E-state index is -0.464. The van der Waals surface area contributed by atoms with Crippen LogP contribution in [0.1, 0.15) is 161 Å². The molecule has 11 heteroatoms. The van der Waals surface area contributed by atoms with Crippen LogP contribution in [0.4, 0.5) is 17.3 Å². The molecule has 0 saturated heterocycles. The number of carbonyl (C=O) groups is 4. The summed E-state index contributed by atoms with van der Waals surface area (Å²) in [6, 6.07) is 22.9. The highest BCUT2D eigenvalue weighted by molar-refractivity contribution is 6.48. The molecule has 0 fully saturated rings. The van der Waals surface area contributed by atoms with Crippen molar-refractivity contribution in [3.8, 4) is 11.4 Å². The number of nitrogens with zero attached hydrogens (tertiary/aromatic N) is 6. The van der Waals surface area contributed by atoms with Crippen molar-refractivity contribution in [1.82, 2.24) is 15.0 Å². The fourth-order valence-electron chi connectivity index (χ4n) is 10.7. The highest BCUT2D eigenvalue weighted by Crippen LogP contribution is 2.52. The zero-order valence-corrected chi connectivity index (χ0v) is 40.1. The number of imide groups is 2. The molecule has 11 nitrogen and oxygen atoms in total. The van der Waals surface area contributed by atoms with Crippen molar-refractivity contribution in [3.63, 3.8) is 0 Å². The predicted molar refractivity (Wildman–Crippen MR) is 270 cm³/mol. The first-order valence-corrected chi connectivity index (χ1v) is 23.1. The van der Waals surface area contributed by atoms with Crippen LogP contribution in [0.3, 0.4) is 0 Å². The van der Waals surface area contributed by atoms with Crippen LogP contribution in [0.2, 0.25) is 0 Å². The molecule has 0 atom stereocenters. The molecule has 3 heterocycles. The number of anilines is 3. The molecular formula is C56H53N7O4. The van der Waals surface area contributed by atoms with Gasteiger partial charge in [0.1, 0.15) is 5.82 Å². The van der Waals surface area contributed by atoms with Gasteiger partial charge in [-0.3, -0.25) is 19.2 Å². The molecule has 1 aromatic heterocycles. The van der Waals surface area contributed by atoms with Crippen LogP contribution in [0.5, 0.6) is 0 Å². The number of carbonyl (C=O) groups excluding carboxylic acids is 4. The van der Waals surface area contributed by atoms with Crippen molar-refractivity contribution in [2.75, 3.05) is 28.8 Å². The van der Waals surface area contributed by atoms with Gasteiger partial charge in [0.25, 0.3) is 23.6 Å². The average Bonchev–Trinajstić information content (AvgIpc) is 3.28. The molecule has 67 heavy (non-hydrogen) atoms. The number of nitrogens with one attached hydrogen (secondary N) is 1. The standard InChI is InChI=1S/C56H53N7O4/c1-25(2)31-15-13-16-32(26(3)4)49(31)62-52(64)37-22-20-36-44-40(51-58-30(10)59-56(60-51)61(11)12)24-42-46-38(53(65)63(55(42)67)50-33(27(5)6)17-14-18-34(50)28(7)8)21-19-35(48(44)46)43-39(29(9)57)23-41(54(62)66)45(37)47(36)43/h13-28,57H,1-12H3. The van der Waals surface area contributed by atoms with E-state index in [1.807, 2.05) is 68.7 Å². The summed E-state index contributed by atoms with van der Waals surface area (Å²) in [5.74, 6) is -0.529. The number of hydrogen-bond donors (Lipinski definition) is 1. The van der Waals surface area contributed by atoms with Crippen molar-refractivity contribution in [2.24, 2.45) is 0 Å². The van der Waals surface area contributed by atoms with Crippen LogP contribution < -0.4 is 14.7 Å². The van der Waals surface area contributed by atoms with Crippen LogP contribution in [0, 0.1) is 12.3 Å². The minimum Gasteiger partial charge on any atom is -0.347 e. The summed E-state index contributed by atoms with van der Waals surface area (Å²) < 4.78 is 0. The summed E-state index contributed by atoms with van der Waals surface area (Å²) in [5.41, 5.74) is 7.37. The number of aryl methyl sites for hydroxylation is 1.